The number of nitrogens with one attached hydrogen (secondary N) is 1. The molecule has 0 fully saturated rings. The summed E-state index contributed by atoms with van der Waals surface area (Å²) in [7, 11) is 0. The number of halogens is 1. The Morgan fingerprint density at radius 3 is 2.82 bits per heavy atom. The molecule has 1 aromatic heterocycles. The van der Waals surface area contributed by atoms with Crippen LogP contribution in [-0.4, -0.2) is 21.2 Å². The van der Waals surface area contributed by atoms with Gasteiger partial charge < -0.3 is 4.98 Å². The molecule has 7 heteroatoms. The van der Waals surface area contributed by atoms with Crippen LogP contribution in [0.3, 0.4) is 0 Å². The van der Waals surface area contributed by atoms with Crippen molar-refractivity contribution in [3.05, 3.63) is 45.2 Å². The molecule has 17 heavy (non-hydrogen) atoms. The summed E-state index contributed by atoms with van der Waals surface area (Å²) in [5, 5.41) is 10.8. The van der Waals surface area contributed by atoms with Gasteiger partial charge in [-0.05, 0) is 12.1 Å². The van der Waals surface area contributed by atoms with Crippen LogP contribution in [0, 0.1) is 10.1 Å². The predicted octanol–water partition coefficient (Wildman–Crippen LogP) is 2.45. The molecule has 0 aliphatic rings. The molecule has 6 nitrogen and oxygen atoms in total. The molecule has 86 valence electrons. The number of carbonyl (C=O) groups is 1. The van der Waals surface area contributed by atoms with Crippen LogP contribution in [0.2, 0.25) is 5.02 Å². The number of benzene rings is 1. The van der Waals surface area contributed by atoms with Crippen LogP contribution in [0.25, 0.3) is 11.4 Å². The van der Waals surface area contributed by atoms with Crippen LogP contribution < -0.4 is 0 Å². The lowest BCUT2D eigenvalue weighted by Gasteiger charge is -1.98. The van der Waals surface area contributed by atoms with Gasteiger partial charge in [0.2, 0.25) is 0 Å². The molecule has 1 aromatic carbocycles. The third kappa shape index (κ3) is 2.16. The largest absolute Gasteiger partial charge is 0.344 e. The van der Waals surface area contributed by atoms with Crippen LogP contribution >= 0.6 is 11.6 Å². The van der Waals surface area contributed by atoms with Crippen molar-refractivity contribution in [2.75, 3.05) is 0 Å². The second kappa shape index (κ2) is 4.34. The number of carbonyl (C=O) groups excluding carboxylic acids is 1. The molecule has 0 radical (unpaired) electrons. The second-order valence-corrected chi connectivity index (χ2v) is 3.62. The van der Waals surface area contributed by atoms with E-state index >= 15 is 0 Å². The Bertz CT molecular complexity index is 594. The molecule has 0 saturated heterocycles. The van der Waals surface area contributed by atoms with Gasteiger partial charge in [-0.3, -0.25) is 14.9 Å². The van der Waals surface area contributed by atoms with Crippen LogP contribution in [0.5, 0.6) is 0 Å². The monoisotopic (exact) mass is 251 g/mol. The van der Waals surface area contributed by atoms with Crippen LogP contribution in [0.1, 0.15) is 10.5 Å². The van der Waals surface area contributed by atoms with Gasteiger partial charge in [-0.15, -0.1) is 0 Å². The number of rotatable bonds is 3. The molecule has 0 saturated carbocycles. The number of nitrogens with zero attached hydrogens (tertiary/aromatic N) is 2. The van der Waals surface area contributed by atoms with Crippen molar-refractivity contribution in [2.45, 2.75) is 0 Å². The molecular weight excluding hydrogens is 246 g/mol. The van der Waals surface area contributed by atoms with Crippen molar-refractivity contribution < 1.29 is 9.72 Å². The molecule has 0 aliphatic heterocycles. The Hall–Kier alpha value is -2.21. The van der Waals surface area contributed by atoms with E-state index in [-0.39, 0.29) is 16.4 Å². The fourth-order valence-corrected chi connectivity index (χ4v) is 1.53. The van der Waals surface area contributed by atoms with Crippen molar-refractivity contribution in [1.29, 1.82) is 0 Å². The van der Waals surface area contributed by atoms with Crippen molar-refractivity contribution in [1.82, 2.24) is 9.97 Å². The average Bonchev–Trinajstić information content (AvgIpc) is 2.78. The molecule has 0 spiro atoms. The number of nitro groups is 1. The molecule has 2 rings (SSSR count). The maximum atomic E-state index is 10.7. The first-order valence-electron chi connectivity index (χ1n) is 4.56. The smallest absolute Gasteiger partial charge is 0.288 e. The van der Waals surface area contributed by atoms with Gasteiger partial charge in [0.05, 0.1) is 4.92 Å². The number of aromatic amines is 1. The summed E-state index contributed by atoms with van der Waals surface area (Å²) in [6, 6.07) is 4.30. The van der Waals surface area contributed by atoms with E-state index in [4.69, 9.17) is 11.6 Å². The maximum Gasteiger partial charge on any atom is 0.288 e. The van der Waals surface area contributed by atoms with Gasteiger partial charge in [0.15, 0.2) is 6.29 Å². The summed E-state index contributed by atoms with van der Waals surface area (Å²) in [5.74, 6) is 0.381. The fraction of sp³-hybridized carbons (Fsp3) is 0. The van der Waals surface area contributed by atoms with Gasteiger partial charge in [-0.1, -0.05) is 11.6 Å². The highest BCUT2D eigenvalue weighted by Crippen LogP contribution is 2.28. The summed E-state index contributed by atoms with van der Waals surface area (Å²) in [4.78, 5) is 27.3. The van der Waals surface area contributed by atoms with Gasteiger partial charge in [0, 0.05) is 17.8 Å². The molecule has 1 heterocycles. The van der Waals surface area contributed by atoms with Gasteiger partial charge in [0.1, 0.15) is 16.5 Å². The zero-order chi connectivity index (χ0) is 12.4. The Labute approximate surface area is 100 Å². The highest BCUT2D eigenvalue weighted by molar-refractivity contribution is 6.32. The standard InChI is InChI=1S/C10H6ClN3O3/c11-8-2-1-6(3-9(8)14(16)17)10-12-4-7(5-15)13-10/h1-5H,(H,12,13). The molecule has 0 bridgehead atoms. The fourth-order valence-electron chi connectivity index (χ4n) is 1.34. The molecule has 0 atom stereocenters. The predicted molar refractivity (Wildman–Crippen MR) is 61.1 cm³/mol. The topological polar surface area (TPSA) is 88.9 Å². The molecule has 0 amide bonds. The molecule has 0 unspecified atom stereocenters. The average molecular weight is 252 g/mol. The second-order valence-electron chi connectivity index (χ2n) is 3.22. The Kier molecular flexibility index (Phi) is 2.88. The molecule has 2 aromatic rings. The van der Waals surface area contributed by atoms with E-state index in [1.165, 1.54) is 18.3 Å². The SMILES string of the molecule is O=Cc1c[nH]c(-c2ccc(Cl)c([N+](=O)[O-])c2)n1. The lowest BCUT2D eigenvalue weighted by atomic mass is 10.2. The lowest BCUT2D eigenvalue weighted by molar-refractivity contribution is -0.384. The quantitative estimate of drug-likeness (QED) is 0.515. The lowest BCUT2D eigenvalue weighted by Crippen LogP contribution is -1.90. The summed E-state index contributed by atoms with van der Waals surface area (Å²) in [5.41, 5.74) is 0.528. The van der Waals surface area contributed by atoms with Crippen LogP contribution in [-0.2, 0) is 0 Å². The van der Waals surface area contributed by atoms with E-state index in [0.717, 1.165) is 0 Å². The number of hydrogen-bond acceptors (Lipinski definition) is 4. The minimum atomic E-state index is -0.574. The van der Waals surface area contributed by atoms with Crippen molar-refractivity contribution in [2.24, 2.45) is 0 Å². The van der Waals surface area contributed by atoms with Gasteiger partial charge >= 0.3 is 0 Å². The van der Waals surface area contributed by atoms with Gasteiger partial charge in [-0.2, -0.15) is 0 Å². The normalized spacial score (nSPS) is 10.2. The Balaban J connectivity index is 2.49. The Morgan fingerprint density at radius 2 is 2.24 bits per heavy atom. The molecule has 0 aliphatic carbocycles. The summed E-state index contributed by atoms with van der Waals surface area (Å²) < 4.78 is 0. The number of nitro benzene ring substituents is 1. The third-order valence-electron chi connectivity index (χ3n) is 2.13. The third-order valence-corrected chi connectivity index (χ3v) is 2.45. The first-order valence-corrected chi connectivity index (χ1v) is 4.94. The summed E-state index contributed by atoms with van der Waals surface area (Å²) in [6.45, 7) is 0. The number of H-pyrrole nitrogens is 1. The van der Waals surface area contributed by atoms with E-state index in [0.29, 0.717) is 17.7 Å². The van der Waals surface area contributed by atoms with Crippen LogP contribution in [0.4, 0.5) is 5.69 Å². The summed E-state index contributed by atoms with van der Waals surface area (Å²) >= 11 is 5.68. The highest BCUT2D eigenvalue weighted by Gasteiger charge is 2.14. The van der Waals surface area contributed by atoms with Gasteiger partial charge in [-0.25, -0.2) is 4.98 Å². The number of aromatic nitrogens is 2. The highest BCUT2D eigenvalue weighted by atomic mass is 35.5. The van der Waals surface area contributed by atoms with E-state index in [9.17, 15) is 14.9 Å². The van der Waals surface area contributed by atoms with Crippen molar-refractivity contribution in [3.8, 4) is 11.4 Å². The number of imidazole rings is 1. The number of hydrogen-bond donors (Lipinski definition) is 1. The van der Waals surface area contributed by atoms with E-state index in [2.05, 4.69) is 9.97 Å². The van der Waals surface area contributed by atoms with E-state index in [1.807, 2.05) is 0 Å². The number of aldehydes is 1. The Morgan fingerprint density at radius 1 is 1.47 bits per heavy atom. The van der Waals surface area contributed by atoms with Crippen molar-refractivity contribution in [3.63, 3.8) is 0 Å². The van der Waals surface area contributed by atoms with E-state index < -0.39 is 4.92 Å². The first-order chi connectivity index (χ1) is 8.11. The summed E-state index contributed by atoms with van der Waals surface area (Å²) in [6.07, 6.45) is 2.01. The minimum absolute atomic E-state index is 0.0564. The molecule has 1 N–H and O–H groups in total. The van der Waals surface area contributed by atoms with Crippen LogP contribution in [0.15, 0.2) is 24.4 Å². The molecular formula is C10H6ClN3O3. The van der Waals surface area contributed by atoms with Crippen molar-refractivity contribution >= 4 is 23.6 Å². The van der Waals surface area contributed by atoms with Gasteiger partial charge in [0.25, 0.3) is 5.69 Å². The van der Waals surface area contributed by atoms with E-state index in [1.54, 1.807) is 6.07 Å². The zero-order valence-corrected chi connectivity index (χ0v) is 9.14. The first kappa shape index (κ1) is 11.3. The maximum absolute atomic E-state index is 10.7. The zero-order valence-electron chi connectivity index (χ0n) is 8.38. The minimum Gasteiger partial charge on any atom is -0.344 e.